The van der Waals surface area contributed by atoms with Crippen LogP contribution in [-0.4, -0.2) is 23.1 Å². The summed E-state index contributed by atoms with van der Waals surface area (Å²) in [4.78, 5) is 14.0. The van der Waals surface area contributed by atoms with Crippen molar-refractivity contribution in [2.24, 2.45) is 0 Å². The second-order valence-corrected chi connectivity index (χ2v) is 6.00. The minimum absolute atomic E-state index is 0.0818. The van der Waals surface area contributed by atoms with Crippen molar-refractivity contribution in [3.63, 3.8) is 0 Å². The fourth-order valence-corrected chi connectivity index (χ4v) is 2.42. The molecule has 1 aliphatic rings. The van der Waals surface area contributed by atoms with Crippen LogP contribution < -0.4 is 5.73 Å². The van der Waals surface area contributed by atoms with Gasteiger partial charge in [-0.25, -0.2) is 4.79 Å². The number of nitrogens with two attached hydrogens (primary N) is 1. The van der Waals surface area contributed by atoms with Gasteiger partial charge >= 0.3 is 6.09 Å². The van der Waals surface area contributed by atoms with Crippen molar-refractivity contribution in [3.05, 3.63) is 29.8 Å². The van der Waals surface area contributed by atoms with Gasteiger partial charge in [0.1, 0.15) is 5.60 Å². The first-order valence-electron chi connectivity index (χ1n) is 6.72. The number of nitrogens with zero attached hydrogens (tertiary/aromatic N) is 1. The highest BCUT2D eigenvalue weighted by Gasteiger charge is 2.33. The maximum Gasteiger partial charge on any atom is 0.410 e. The van der Waals surface area contributed by atoms with Gasteiger partial charge in [0.05, 0.1) is 6.04 Å². The van der Waals surface area contributed by atoms with Crippen LogP contribution in [0.25, 0.3) is 0 Å². The number of likely N-dealkylation sites (tertiary alicyclic amines) is 1. The molecule has 2 N–H and O–H groups in total. The minimum Gasteiger partial charge on any atom is -0.444 e. The summed E-state index contributed by atoms with van der Waals surface area (Å²) in [5.74, 6) is 0. The number of ether oxygens (including phenoxy) is 1. The highest BCUT2D eigenvalue weighted by molar-refractivity contribution is 5.69. The van der Waals surface area contributed by atoms with Crippen LogP contribution in [0.5, 0.6) is 0 Å². The molecule has 4 heteroatoms. The number of anilines is 1. The van der Waals surface area contributed by atoms with Gasteiger partial charge in [0.25, 0.3) is 0 Å². The zero-order valence-electron chi connectivity index (χ0n) is 11.8. The van der Waals surface area contributed by atoms with Crippen molar-refractivity contribution < 1.29 is 9.53 Å². The summed E-state index contributed by atoms with van der Waals surface area (Å²) in [6.07, 6.45) is 1.72. The average Bonchev–Trinajstić information content (AvgIpc) is 2.75. The first kappa shape index (κ1) is 13.7. The Morgan fingerprint density at radius 1 is 1.42 bits per heavy atom. The number of rotatable bonds is 1. The fraction of sp³-hybridized carbons (Fsp3) is 0.533. The van der Waals surface area contributed by atoms with Gasteiger partial charge in [0.2, 0.25) is 0 Å². The molecular formula is C15H22N2O2. The maximum atomic E-state index is 12.2. The Morgan fingerprint density at radius 3 is 2.79 bits per heavy atom. The van der Waals surface area contributed by atoms with Crippen molar-refractivity contribution >= 4 is 11.8 Å². The molecule has 4 nitrogen and oxygen atoms in total. The van der Waals surface area contributed by atoms with Crippen LogP contribution in [0.1, 0.15) is 45.2 Å². The van der Waals surface area contributed by atoms with E-state index < -0.39 is 5.60 Å². The Bertz CT molecular complexity index is 465. The molecule has 0 saturated carbocycles. The third-order valence-electron chi connectivity index (χ3n) is 3.18. The van der Waals surface area contributed by atoms with Crippen molar-refractivity contribution in [1.82, 2.24) is 4.90 Å². The van der Waals surface area contributed by atoms with Gasteiger partial charge in [0, 0.05) is 12.2 Å². The number of nitrogen functional groups attached to an aromatic ring is 1. The van der Waals surface area contributed by atoms with Gasteiger partial charge in [-0.2, -0.15) is 0 Å². The average molecular weight is 262 g/mol. The number of benzene rings is 1. The Balaban J connectivity index is 2.15. The molecule has 1 fully saturated rings. The molecule has 19 heavy (non-hydrogen) atoms. The van der Waals surface area contributed by atoms with E-state index in [0.717, 1.165) is 30.6 Å². The van der Waals surface area contributed by atoms with Crippen molar-refractivity contribution in [1.29, 1.82) is 0 Å². The molecule has 2 rings (SSSR count). The van der Waals surface area contributed by atoms with E-state index in [0.29, 0.717) is 0 Å². The number of carbonyl (C=O) groups is 1. The molecule has 0 aromatic heterocycles. The van der Waals surface area contributed by atoms with Gasteiger partial charge in [0.15, 0.2) is 0 Å². The van der Waals surface area contributed by atoms with Gasteiger partial charge in [-0.3, -0.25) is 0 Å². The Hall–Kier alpha value is -1.71. The lowest BCUT2D eigenvalue weighted by atomic mass is 10.0. The fourth-order valence-electron chi connectivity index (χ4n) is 2.42. The van der Waals surface area contributed by atoms with Crippen LogP contribution in [-0.2, 0) is 4.74 Å². The van der Waals surface area contributed by atoms with Gasteiger partial charge in [-0.15, -0.1) is 0 Å². The van der Waals surface area contributed by atoms with E-state index in [4.69, 9.17) is 10.5 Å². The molecule has 0 radical (unpaired) electrons. The van der Waals surface area contributed by atoms with Crippen LogP contribution in [0.3, 0.4) is 0 Å². The van der Waals surface area contributed by atoms with Crippen LogP contribution >= 0.6 is 0 Å². The summed E-state index contributed by atoms with van der Waals surface area (Å²) in [5, 5.41) is 0. The third kappa shape index (κ3) is 3.40. The zero-order chi connectivity index (χ0) is 14.0. The second kappa shape index (κ2) is 5.11. The quantitative estimate of drug-likeness (QED) is 0.790. The van der Waals surface area contributed by atoms with Crippen LogP contribution in [0, 0.1) is 0 Å². The van der Waals surface area contributed by atoms with Crippen molar-refractivity contribution in [2.75, 3.05) is 12.3 Å². The minimum atomic E-state index is -0.458. The van der Waals surface area contributed by atoms with E-state index in [1.165, 1.54) is 0 Å². The van der Waals surface area contributed by atoms with Crippen LogP contribution in [0.4, 0.5) is 10.5 Å². The lowest BCUT2D eigenvalue weighted by molar-refractivity contribution is 0.0224. The predicted molar refractivity (Wildman–Crippen MR) is 75.8 cm³/mol. The molecule has 1 aromatic carbocycles. The summed E-state index contributed by atoms with van der Waals surface area (Å²) >= 11 is 0. The van der Waals surface area contributed by atoms with E-state index >= 15 is 0 Å². The third-order valence-corrected chi connectivity index (χ3v) is 3.18. The molecule has 0 aliphatic carbocycles. The lowest BCUT2D eigenvalue weighted by Crippen LogP contribution is -2.36. The zero-order valence-corrected chi connectivity index (χ0v) is 11.8. The van der Waals surface area contributed by atoms with Gasteiger partial charge in [-0.05, 0) is 51.3 Å². The number of carbonyl (C=O) groups excluding carboxylic acids is 1. The summed E-state index contributed by atoms with van der Waals surface area (Å²) in [6.45, 7) is 6.40. The summed E-state index contributed by atoms with van der Waals surface area (Å²) in [7, 11) is 0. The molecule has 1 atom stereocenters. The Morgan fingerprint density at radius 2 is 2.16 bits per heavy atom. The lowest BCUT2D eigenvalue weighted by Gasteiger charge is -2.29. The number of amides is 1. The molecule has 1 aliphatic heterocycles. The normalized spacial score (nSPS) is 19.5. The maximum absolute atomic E-state index is 12.2. The molecule has 1 saturated heterocycles. The molecule has 0 unspecified atom stereocenters. The SMILES string of the molecule is CC(C)(C)OC(=O)N1CCC[C@H]1c1cccc(N)c1. The van der Waals surface area contributed by atoms with Gasteiger partial charge < -0.3 is 15.4 Å². The summed E-state index contributed by atoms with van der Waals surface area (Å²) in [5.41, 5.74) is 7.17. The monoisotopic (exact) mass is 262 g/mol. The standard InChI is InChI=1S/C15H22N2O2/c1-15(2,3)19-14(18)17-9-5-8-13(17)11-6-4-7-12(16)10-11/h4,6-7,10,13H,5,8-9,16H2,1-3H3/t13-/m0/s1. The summed E-state index contributed by atoms with van der Waals surface area (Å²) in [6, 6.07) is 7.82. The first-order valence-corrected chi connectivity index (χ1v) is 6.72. The highest BCUT2D eigenvalue weighted by atomic mass is 16.6. The van der Waals surface area contributed by atoms with Crippen LogP contribution in [0.15, 0.2) is 24.3 Å². The van der Waals surface area contributed by atoms with Crippen LogP contribution in [0.2, 0.25) is 0 Å². The smallest absolute Gasteiger partial charge is 0.410 e. The Kier molecular flexibility index (Phi) is 3.69. The highest BCUT2D eigenvalue weighted by Crippen LogP contribution is 2.33. The van der Waals surface area contributed by atoms with Crippen molar-refractivity contribution in [2.45, 2.75) is 45.3 Å². The number of hydrogen-bond donors (Lipinski definition) is 1. The molecule has 1 heterocycles. The first-order chi connectivity index (χ1) is 8.87. The number of hydrogen-bond acceptors (Lipinski definition) is 3. The van der Waals surface area contributed by atoms with E-state index in [9.17, 15) is 4.79 Å². The molecule has 1 amide bonds. The predicted octanol–water partition coefficient (Wildman–Crippen LogP) is 3.34. The molecule has 0 spiro atoms. The molecule has 1 aromatic rings. The summed E-state index contributed by atoms with van der Waals surface area (Å²) < 4.78 is 5.46. The second-order valence-electron chi connectivity index (χ2n) is 6.00. The molecule has 104 valence electrons. The van der Waals surface area contributed by atoms with E-state index in [-0.39, 0.29) is 12.1 Å². The van der Waals surface area contributed by atoms with Crippen molar-refractivity contribution in [3.8, 4) is 0 Å². The largest absolute Gasteiger partial charge is 0.444 e. The van der Waals surface area contributed by atoms with E-state index in [1.807, 2.05) is 45.0 Å². The van der Waals surface area contributed by atoms with E-state index in [2.05, 4.69) is 0 Å². The Labute approximate surface area is 114 Å². The molecule has 0 bridgehead atoms. The van der Waals surface area contributed by atoms with Gasteiger partial charge in [-0.1, -0.05) is 12.1 Å². The molecular weight excluding hydrogens is 240 g/mol. The topological polar surface area (TPSA) is 55.6 Å². The van der Waals surface area contributed by atoms with E-state index in [1.54, 1.807) is 4.90 Å².